The number of fused-ring (bicyclic) bond motifs is 1. The summed E-state index contributed by atoms with van der Waals surface area (Å²) in [7, 11) is -4.13. The third kappa shape index (κ3) is 8.68. The van der Waals surface area contributed by atoms with Crippen LogP contribution in [0.4, 0.5) is 23.7 Å². The maximum absolute atomic E-state index is 13.8. The van der Waals surface area contributed by atoms with E-state index in [9.17, 15) is 36.6 Å². The largest absolute Gasteiger partial charge is 0.573 e. The summed E-state index contributed by atoms with van der Waals surface area (Å²) < 4.78 is 87.0. The molecule has 0 saturated carbocycles. The monoisotopic (exact) mass is 695 g/mol. The zero-order valence-corrected chi connectivity index (χ0v) is 26.9. The van der Waals surface area contributed by atoms with Crippen LogP contribution in [0.5, 0.6) is 17.2 Å². The van der Waals surface area contributed by atoms with Crippen LogP contribution in [0.3, 0.4) is 0 Å². The van der Waals surface area contributed by atoms with Crippen molar-refractivity contribution in [2.75, 3.05) is 31.3 Å². The summed E-state index contributed by atoms with van der Waals surface area (Å²) in [6, 6.07) is 17.1. The molecular weight excluding hydrogens is 659 g/mol. The Balaban J connectivity index is 1.34. The normalized spacial score (nSPS) is 18.2. The first-order valence-electron chi connectivity index (χ1n) is 15.1. The predicted octanol–water partition coefficient (Wildman–Crippen LogP) is 3.87. The van der Waals surface area contributed by atoms with Gasteiger partial charge < -0.3 is 29.2 Å². The lowest BCUT2D eigenvalue weighted by Crippen LogP contribution is -2.55. The first-order valence-corrected chi connectivity index (χ1v) is 16.5. The number of aliphatic hydroxyl groups is 2. The molecule has 260 valence electrons. The van der Waals surface area contributed by atoms with Gasteiger partial charge in [0, 0.05) is 31.3 Å². The van der Waals surface area contributed by atoms with Gasteiger partial charge in [0.2, 0.25) is 16.8 Å². The van der Waals surface area contributed by atoms with E-state index in [4.69, 9.17) is 14.2 Å². The highest BCUT2D eigenvalue weighted by molar-refractivity contribution is 7.89. The van der Waals surface area contributed by atoms with Gasteiger partial charge in [0.15, 0.2) is 17.6 Å². The SMILES string of the molecule is CC(C)CN(C[C@@H](O)[C@H](Cc1ccccc1)NC(O)[C@@H]1CN(c2cccc(OC(F)(F)F)c2)C(=O)O1)S(=O)(=O)c1ccc2c(c1)OCO2. The molecule has 0 aromatic heterocycles. The lowest BCUT2D eigenvalue weighted by atomic mass is 10.00. The summed E-state index contributed by atoms with van der Waals surface area (Å²) in [5.41, 5.74) is 0.817. The van der Waals surface area contributed by atoms with E-state index < -0.39 is 52.7 Å². The Hall–Kier alpha value is -4.09. The van der Waals surface area contributed by atoms with E-state index in [-0.39, 0.29) is 55.1 Å². The lowest BCUT2D eigenvalue weighted by Gasteiger charge is -2.32. The molecule has 3 aromatic carbocycles. The second kappa shape index (κ2) is 14.6. The van der Waals surface area contributed by atoms with E-state index >= 15 is 0 Å². The summed E-state index contributed by atoms with van der Waals surface area (Å²) in [4.78, 5) is 13.7. The fourth-order valence-corrected chi connectivity index (χ4v) is 7.05. The zero-order chi connectivity index (χ0) is 34.6. The van der Waals surface area contributed by atoms with E-state index in [0.717, 1.165) is 22.6 Å². The van der Waals surface area contributed by atoms with Gasteiger partial charge in [0.25, 0.3) is 0 Å². The number of amides is 1. The van der Waals surface area contributed by atoms with Crippen molar-refractivity contribution in [2.45, 2.75) is 56.0 Å². The number of halogens is 3. The van der Waals surface area contributed by atoms with E-state index in [0.29, 0.717) is 5.75 Å². The van der Waals surface area contributed by atoms with Crippen molar-refractivity contribution in [3.8, 4) is 17.2 Å². The molecule has 1 fully saturated rings. The van der Waals surface area contributed by atoms with Crippen molar-refractivity contribution >= 4 is 21.8 Å². The summed E-state index contributed by atoms with van der Waals surface area (Å²) >= 11 is 0. The van der Waals surface area contributed by atoms with Gasteiger partial charge in [-0.3, -0.25) is 10.2 Å². The minimum Gasteiger partial charge on any atom is -0.454 e. The van der Waals surface area contributed by atoms with Crippen LogP contribution in [-0.2, 0) is 21.2 Å². The number of cyclic esters (lactones) is 1. The molecule has 5 rings (SSSR count). The molecule has 1 unspecified atom stereocenters. The minimum atomic E-state index is -4.93. The first-order chi connectivity index (χ1) is 22.7. The minimum absolute atomic E-state index is 0.0324. The standard InChI is InChI=1S/C32H36F3N3O9S/c1-20(2)16-37(48(42,43)24-11-12-27-28(15-24)45-19-44-27)17-26(39)25(13-21-7-4-3-5-8-21)36-30(40)29-18-38(31(41)46-29)22-9-6-10-23(14-22)47-32(33,34)35/h3-12,14-15,20,25-26,29-30,36,39-40H,13,16-19H2,1-2H3/t25-,26+,29-,30?/m0/s1. The second-order valence-corrected chi connectivity index (χ2v) is 13.7. The molecule has 0 radical (unpaired) electrons. The summed E-state index contributed by atoms with van der Waals surface area (Å²) in [6.07, 6.45) is -9.81. The van der Waals surface area contributed by atoms with E-state index in [1.54, 1.807) is 30.3 Å². The number of nitrogens with one attached hydrogen (secondary N) is 1. The van der Waals surface area contributed by atoms with Crippen molar-refractivity contribution in [2.24, 2.45) is 5.92 Å². The van der Waals surface area contributed by atoms with Gasteiger partial charge in [0.05, 0.1) is 23.2 Å². The summed E-state index contributed by atoms with van der Waals surface area (Å²) in [5.74, 6) is 0.0466. The number of hydrogen-bond acceptors (Lipinski definition) is 10. The van der Waals surface area contributed by atoms with Gasteiger partial charge in [-0.15, -0.1) is 13.2 Å². The number of ether oxygens (including phenoxy) is 4. The van der Waals surface area contributed by atoms with Crippen molar-refractivity contribution in [3.63, 3.8) is 0 Å². The highest BCUT2D eigenvalue weighted by atomic mass is 32.2. The van der Waals surface area contributed by atoms with Crippen molar-refractivity contribution in [1.29, 1.82) is 0 Å². The first kappa shape index (κ1) is 35.2. The Bertz CT molecular complexity index is 1680. The number of alkyl halides is 3. The Labute approximate surface area is 275 Å². The quantitative estimate of drug-likeness (QED) is 0.213. The summed E-state index contributed by atoms with van der Waals surface area (Å²) in [6.45, 7) is 3.12. The molecule has 0 bridgehead atoms. The Morgan fingerprint density at radius 2 is 1.73 bits per heavy atom. The van der Waals surface area contributed by atoms with Gasteiger partial charge in [-0.05, 0) is 42.2 Å². The van der Waals surface area contributed by atoms with Gasteiger partial charge in [-0.25, -0.2) is 13.2 Å². The Morgan fingerprint density at radius 1 is 1.00 bits per heavy atom. The predicted molar refractivity (Wildman–Crippen MR) is 166 cm³/mol. The molecule has 2 aliphatic rings. The van der Waals surface area contributed by atoms with Crippen molar-refractivity contribution in [3.05, 3.63) is 78.4 Å². The number of sulfonamides is 1. The number of hydrogen-bond donors (Lipinski definition) is 3. The third-order valence-corrected chi connectivity index (χ3v) is 9.47. The lowest BCUT2D eigenvalue weighted by molar-refractivity contribution is -0.274. The van der Waals surface area contributed by atoms with Crippen LogP contribution >= 0.6 is 0 Å². The molecule has 2 aliphatic heterocycles. The molecule has 0 aliphatic carbocycles. The van der Waals surface area contributed by atoms with Crippen LogP contribution in [0.15, 0.2) is 77.7 Å². The molecule has 2 heterocycles. The fourth-order valence-electron chi connectivity index (χ4n) is 5.41. The number of anilines is 1. The number of carbonyl (C=O) groups excluding carboxylic acids is 1. The molecule has 3 N–H and O–H groups in total. The molecule has 12 nitrogen and oxygen atoms in total. The zero-order valence-electron chi connectivity index (χ0n) is 26.0. The molecule has 0 spiro atoms. The number of rotatable bonds is 14. The van der Waals surface area contributed by atoms with Crippen molar-refractivity contribution in [1.82, 2.24) is 9.62 Å². The topological polar surface area (TPSA) is 147 Å². The van der Waals surface area contributed by atoms with Crippen LogP contribution in [0.2, 0.25) is 0 Å². The van der Waals surface area contributed by atoms with E-state index in [1.165, 1.54) is 34.6 Å². The second-order valence-electron chi connectivity index (χ2n) is 11.8. The van der Waals surface area contributed by atoms with Crippen LogP contribution in [0.1, 0.15) is 19.4 Å². The molecule has 1 amide bonds. The third-order valence-electron chi connectivity index (χ3n) is 7.64. The Kier molecular flexibility index (Phi) is 10.7. The average Bonchev–Trinajstić information content (AvgIpc) is 3.66. The van der Waals surface area contributed by atoms with Crippen LogP contribution in [0.25, 0.3) is 0 Å². The molecule has 1 saturated heterocycles. The number of benzene rings is 3. The molecule has 48 heavy (non-hydrogen) atoms. The number of aliphatic hydroxyl groups excluding tert-OH is 2. The van der Waals surface area contributed by atoms with E-state index in [1.807, 2.05) is 13.8 Å². The highest BCUT2D eigenvalue weighted by Gasteiger charge is 2.40. The number of carbonyl (C=O) groups is 1. The van der Waals surface area contributed by atoms with Crippen LogP contribution in [0, 0.1) is 5.92 Å². The summed E-state index contributed by atoms with van der Waals surface area (Å²) in [5, 5.41) is 25.6. The van der Waals surface area contributed by atoms with Crippen molar-refractivity contribution < 1.29 is 55.5 Å². The molecule has 16 heteroatoms. The van der Waals surface area contributed by atoms with Gasteiger partial charge >= 0.3 is 12.5 Å². The molecular formula is C32H36F3N3O9S. The maximum Gasteiger partial charge on any atom is 0.573 e. The van der Waals surface area contributed by atoms with Gasteiger partial charge in [0.1, 0.15) is 12.0 Å². The fraction of sp³-hybridized carbons (Fsp3) is 0.406. The highest BCUT2D eigenvalue weighted by Crippen LogP contribution is 2.35. The molecule has 4 atom stereocenters. The van der Waals surface area contributed by atoms with Crippen LogP contribution in [-0.4, -0.2) is 86.3 Å². The molecule has 3 aromatic rings. The van der Waals surface area contributed by atoms with E-state index in [2.05, 4.69) is 10.1 Å². The average molecular weight is 696 g/mol. The van der Waals surface area contributed by atoms with Crippen LogP contribution < -0.4 is 24.4 Å². The van der Waals surface area contributed by atoms with Gasteiger partial charge in [-0.1, -0.05) is 50.2 Å². The number of nitrogens with zero attached hydrogens (tertiary/aromatic N) is 2. The Morgan fingerprint density at radius 3 is 2.44 bits per heavy atom. The maximum atomic E-state index is 13.8. The smallest absolute Gasteiger partial charge is 0.454 e. The van der Waals surface area contributed by atoms with Gasteiger partial charge in [-0.2, -0.15) is 4.31 Å².